The summed E-state index contributed by atoms with van der Waals surface area (Å²) in [6, 6.07) is 8.91. The van der Waals surface area contributed by atoms with E-state index in [-0.39, 0.29) is 17.9 Å². The van der Waals surface area contributed by atoms with E-state index in [2.05, 4.69) is 5.32 Å². The van der Waals surface area contributed by atoms with Crippen molar-refractivity contribution in [2.75, 3.05) is 7.05 Å². The van der Waals surface area contributed by atoms with Gasteiger partial charge in [-0.1, -0.05) is 30.3 Å². The Kier molecular flexibility index (Phi) is 2.95. The Morgan fingerprint density at radius 3 is 2.53 bits per heavy atom. The topological polar surface area (TPSA) is 49.4 Å². The summed E-state index contributed by atoms with van der Waals surface area (Å²) in [4.78, 5) is 24.6. The molecule has 1 aromatic rings. The highest BCUT2D eigenvalue weighted by atomic mass is 16.2. The van der Waals surface area contributed by atoms with E-state index in [1.54, 1.807) is 13.2 Å². The van der Waals surface area contributed by atoms with Gasteiger partial charge in [0.05, 0.1) is 6.04 Å². The minimum Gasteiger partial charge on any atom is -0.327 e. The standard InChI is InChI=1S/C13H14N2O2/c1-9(16)11-8-15(2)13(17)14-12(11)10-6-4-3-5-7-10/h3-8,12H,1-2H3,(H,14,17)/t12-/m0/s1. The molecule has 4 nitrogen and oxygen atoms in total. The van der Waals surface area contributed by atoms with E-state index >= 15 is 0 Å². The van der Waals surface area contributed by atoms with Gasteiger partial charge in [0.25, 0.3) is 0 Å². The number of rotatable bonds is 2. The van der Waals surface area contributed by atoms with Crippen LogP contribution in [-0.4, -0.2) is 23.8 Å². The molecular weight excluding hydrogens is 216 g/mol. The van der Waals surface area contributed by atoms with Crippen LogP contribution in [0.5, 0.6) is 0 Å². The number of amides is 2. The molecule has 0 saturated carbocycles. The molecule has 88 valence electrons. The summed E-state index contributed by atoms with van der Waals surface area (Å²) >= 11 is 0. The molecule has 1 atom stereocenters. The Bertz CT molecular complexity index is 479. The Balaban J connectivity index is 2.42. The molecule has 0 spiro atoms. The SMILES string of the molecule is CC(=O)C1=CN(C)C(=O)N[C@H]1c1ccccc1. The number of Topliss-reactive ketones (excluding diaryl/α,β-unsaturated/α-hetero) is 1. The van der Waals surface area contributed by atoms with Gasteiger partial charge in [-0.15, -0.1) is 0 Å². The summed E-state index contributed by atoms with van der Waals surface area (Å²) in [5.41, 5.74) is 1.51. The van der Waals surface area contributed by atoms with Gasteiger partial charge in [0, 0.05) is 18.8 Å². The Hall–Kier alpha value is -2.10. The van der Waals surface area contributed by atoms with Crippen LogP contribution in [-0.2, 0) is 4.79 Å². The van der Waals surface area contributed by atoms with Gasteiger partial charge in [0.2, 0.25) is 0 Å². The molecule has 1 aliphatic rings. The van der Waals surface area contributed by atoms with Crippen LogP contribution in [0.25, 0.3) is 0 Å². The van der Waals surface area contributed by atoms with Crippen LogP contribution >= 0.6 is 0 Å². The second kappa shape index (κ2) is 4.41. The van der Waals surface area contributed by atoms with E-state index in [4.69, 9.17) is 0 Å². The molecule has 4 heteroatoms. The zero-order chi connectivity index (χ0) is 12.4. The minimum atomic E-state index is -0.350. The van der Waals surface area contributed by atoms with Crippen LogP contribution in [0, 0.1) is 0 Å². The molecule has 2 amide bonds. The number of hydrogen-bond acceptors (Lipinski definition) is 2. The minimum absolute atomic E-state index is 0.0364. The average molecular weight is 230 g/mol. The van der Waals surface area contributed by atoms with Crippen LogP contribution in [0.1, 0.15) is 18.5 Å². The molecule has 2 rings (SSSR count). The normalized spacial score (nSPS) is 19.6. The highest BCUT2D eigenvalue weighted by molar-refractivity contribution is 5.97. The molecule has 0 aromatic heterocycles. The summed E-state index contributed by atoms with van der Waals surface area (Å²) in [7, 11) is 1.62. The van der Waals surface area contributed by atoms with E-state index in [1.807, 2.05) is 30.3 Å². The third kappa shape index (κ3) is 2.20. The fourth-order valence-corrected chi connectivity index (χ4v) is 1.85. The number of urea groups is 1. The van der Waals surface area contributed by atoms with E-state index in [1.165, 1.54) is 11.8 Å². The summed E-state index contributed by atoms with van der Waals surface area (Å²) in [5, 5.41) is 2.81. The van der Waals surface area contributed by atoms with Crippen LogP contribution in [0.15, 0.2) is 42.1 Å². The lowest BCUT2D eigenvalue weighted by atomic mass is 9.95. The summed E-state index contributed by atoms with van der Waals surface area (Å²) in [5.74, 6) is -0.0364. The van der Waals surface area contributed by atoms with Gasteiger partial charge in [-0.2, -0.15) is 0 Å². The van der Waals surface area contributed by atoms with Crippen molar-refractivity contribution in [3.63, 3.8) is 0 Å². The second-order valence-electron chi connectivity index (χ2n) is 4.04. The predicted molar refractivity (Wildman–Crippen MR) is 64.2 cm³/mol. The number of nitrogens with zero attached hydrogens (tertiary/aromatic N) is 1. The van der Waals surface area contributed by atoms with Gasteiger partial charge in [0.15, 0.2) is 5.78 Å². The van der Waals surface area contributed by atoms with Crippen LogP contribution < -0.4 is 5.32 Å². The molecule has 0 aliphatic carbocycles. The second-order valence-corrected chi connectivity index (χ2v) is 4.04. The first-order valence-corrected chi connectivity index (χ1v) is 5.40. The van der Waals surface area contributed by atoms with Crippen LogP contribution in [0.4, 0.5) is 4.79 Å². The van der Waals surface area contributed by atoms with Crippen molar-refractivity contribution in [1.82, 2.24) is 10.2 Å². The Labute approximate surface area is 99.9 Å². The first kappa shape index (κ1) is 11.4. The maximum absolute atomic E-state index is 11.6. The van der Waals surface area contributed by atoms with Crippen molar-refractivity contribution in [3.8, 4) is 0 Å². The highest BCUT2D eigenvalue weighted by Crippen LogP contribution is 2.25. The number of carbonyl (C=O) groups excluding carboxylic acids is 2. The monoisotopic (exact) mass is 230 g/mol. The van der Waals surface area contributed by atoms with E-state index in [0.29, 0.717) is 5.57 Å². The first-order chi connectivity index (χ1) is 8.09. The largest absolute Gasteiger partial charge is 0.327 e. The van der Waals surface area contributed by atoms with Crippen LogP contribution in [0.3, 0.4) is 0 Å². The number of carbonyl (C=O) groups is 2. The first-order valence-electron chi connectivity index (χ1n) is 5.40. The zero-order valence-electron chi connectivity index (χ0n) is 9.81. The third-order valence-electron chi connectivity index (χ3n) is 2.77. The van der Waals surface area contributed by atoms with Crippen molar-refractivity contribution in [1.29, 1.82) is 0 Å². The maximum atomic E-state index is 11.6. The van der Waals surface area contributed by atoms with Gasteiger partial charge in [-0.3, -0.25) is 4.79 Å². The fourth-order valence-electron chi connectivity index (χ4n) is 1.85. The molecule has 0 unspecified atom stereocenters. The Morgan fingerprint density at radius 1 is 1.29 bits per heavy atom. The predicted octanol–water partition coefficient (Wildman–Crippen LogP) is 1.86. The average Bonchev–Trinajstić information content (AvgIpc) is 2.33. The molecule has 0 saturated heterocycles. The molecule has 1 N–H and O–H groups in total. The fraction of sp³-hybridized carbons (Fsp3) is 0.231. The van der Waals surface area contributed by atoms with Crippen molar-refractivity contribution in [2.45, 2.75) is 13.0 Å². The van der Waals surface area contributed by atoms with E-state index in [0.717, 1.165) is 5.56 Å². The van der Waals surface area contributed by atoms with Gasteiger partial charge < -0.3 is 10.2 Å². The maximum Gasteiger partial charge on any atom is 0.321 e. The van der Waals surface area contributed by atoms with Crippen molar-refractivity contribution in [3.05, 3.63) is 47.7 Å². The summed E-state index contributed by atoms with van der Waals surface area (Å²) in [6.07, 6.45) is 1.60. The smallest absolute Gasteiger partial charge is 0.321 e. The zero-order valence-corrected chi connectivity index (χ0v) is 9.81. The van der Waals surface area contributed by atoms with E-state index in [9.17, 15) is 9.59 Å². The molecule has 1 aromatic carbocycles. The molecule has 17 heavy (non-hydrogen) atoms. The molecule has 0 fully saturated rings. The van der Waals surface area contributed by atoms with Crippen molar-refractivity contribution in [2.24, 2.45) is 0 Å². The number of ketones is 1. The lowest BCUT2D eigenvalue weighted by Gasteiger charge is -2.29. The van der Waals surface area contributed by atoms with Gasteiger partial charge >= 0.3 is 6.03 Å². The number of nitrogens with one attached hydrogen (secondary N) is 1. The molecule has 1 heterocycles. The summed E-state index contributed by atoms with van der Waals surface area (Å²) < 4.78 is 0. The van der Waals surface area contributed by atoms with Gasteiger partial charge in [0.1, 0.15) is 0 Å². The molecule has 0 bridgehead atoms. The van der Waals surface area contributed by atoms with Crippen molar-refractivity contribution < 1.29 is 9.59 Å². The third-order valence-corrected chi connectivity index (χ3v) is 2.77. The molecular formula is C13H14N2O2. The number of benzene rings is 1. The lowest BCUT2D eigenvalue weighted by Crippen LogP contribution is -2.43. The summed E-state index contributed by atoms with van der Waals surface area (Å²) in [6.45, 7) is 1.51. The molecule has 1 aliphatic heterocycles. The number of hydrogen-bond donors (Lipinski definition) is 1. The molecule has 0 radical (unpaired) electrons. The van der Waals surface area contributed by atoms with E-state index < -0.39 is 0 Å². The Morgan fingerprint density at radius 2 is 1.94 bits per heavy atom. The highest BCUT2D eigenvalue weighted by Gasteiger charge is 2.28. The quantitative estimate of drug-likeness (QED) is 0.843. The van der Waals surface area contributed by atoms with Crippen LogP contribution in [0.2, 0.25) is 0 Å². The van der Waals surface area contributed by atoms with Gasteiger partial charge in [-0.05, 0) is 12.5 Å². The van der Waals surface area contributed by atoms with Gasteiger partial charge in [-0.25, -0.2) is 4.79 Å². The lowest BCUT2D eigenvalue weighted by molar-refractivity contribution is -0.114. The van der Waals surface area contributed by atoms with Crippen molar-refractivity contribution >= 4 is 11.8 Å².